The van der Waals surface area contributed by atoms with Crippen molar-refractivity contribution in [1.82, 2.24) is 5.32 Å². The second-order valence-electron chi connectivity index (χ2n) is 9.17. The fourth-order valence-corrected chi connectivity index (χ4v) is 5.35. The fourth-order valence-electron chi connectivity index (χ4n) is 5.35. The third-order valence-corrected chi connectivity index (χ3v) is 6.96. The molecule has 0 amide bonds. The van der Waals surface area contributed by atoms with Crippen molar-refractivity contribution in [3.8, 4) is 0 Å². The first-order valence-corrected chi connectivity index (χ1v) is 11.5. The van der Waals surface area contributed by atoms with E-state index in [9.17, 15) is 0 Å². The van der Waals surface area contributed by atoms with Gasteiger partial charge in [-0.1, -0.05) is 96.6 Å². The summed E-state index contributed by atoms with van der Waals surface area (Å²) < 4.78 is 0. The summed E-state index contributed by atoms with van der Waals surface area (Å²) in [6, 6.07) is 33.8. The van der Waals surface area contributed by atoms with E-state index in [0.717, 1.165) is 13.0 Å². The van der Waals surface area contributed by atoms with Crippen LogP contribution in [0.1, 0.15) is 53.1 Å². The maximum atomic E-state index is 3.87. The maximum absolute atomic E-state index is 3.87. The zero-order valence-corrected chi connectivity index (χ0v) is 18.5. The molecule has 1 N–H and O–H groups in total. The van der Waals surface area contributed by atoms with E-state index in [1.54, 1.807) is 0 Å². The Morgan fingerprint density at radius 3 is 2.55 bits per heavy atom. The minimum Gasteiger partial charge on any atom is -0.310 e. The molecule has 0 saturated carbocycles. The first kappa shape index (κ1) is 20.0. The Morgan fingerprint density at radius 1 is 0.871 bits per heavy atom. The van der Waals surface area contributed by atoms with Crippen molar-refractivity contribution in [2.45, 2.75) is 38.6 Å². The molecule has 4 aromatic carbocycles. The smallest absolute Gasteiger partial charge is 0.0298 e. The summed E-state index contributed by atoms with van der Waals surface area (Å²) in [5.74, 6) is 1.13. The zero-order valence-electron chi connectivity index (χ0n) is 18.5. The second kappa shape index (κ2) is 8.69. The van der Waals surface area contributed by atoms with E-state index in [4.69, 9.17) is 0 Å². The highest BCUT2D eigenvalue weighted by Gasteiger charge is 2.28. The maximum Gasteiger partial charge on any atom is 0.0298 e. The van der Waals surface area contributed by atoms with E-state index >= 15 is 0 Å². The van der Waals surface area contributed by atoms with Crippen LogP contribution in [0.15, 0.2) is 91.0 Å². The molecule has 1 heteroatoms. The lowest BCUT2D eigenvalue weighted by atomic mass is 9.73. The molecule has 5 rings (SSSR count). The molecular weight excluding hydrogens is 374 g/mol. The van der Waals surface area contributed by atoms with Gasteiger partial charge in [0.05, 0.1) is 0 Å². The van der Waals surface area contributed by atoms with Gasteiger partial charge in [0.1, 0.15) is 0 Å². The highest BCUT2D eigenvalue weighted by Crippen LogP contribution is 2.39. The average molecular weight is 406 g/mol. The molecule has 0 fully saturated rings. The molecule has 1 aliphatic carbocycles. The summed E-state index contributed by atoms with van der Waals surface area (Å²) in [5, 5.41) is 6.55. The van der Waals surface area contributed by atoms with Crippen LogP contribution in [0.4, 0.5) is 0 Å². The molecule has 1 aliphatic rings. The van der Waals surface area contributed by atoms with Crippen LogP contribution >= 0.6 is 0 Å². The molecule has 0 aromatic heterocycles. The third kappa shape index (κ3) is 4.16. The Morgan fingerprint density at radius 2 is 1.65 bits per heavy atom. The van der Waals surface area contributed by atoms with Crippen LogP contribution in [0.3, 0.4) is 0 Å². The fraction of sp³-hybridized carbons (Fsp3) is 0.267. The molecule has 31 heavy (non-hydrogen) atoms. The standard InChI is InChI=1S/C30H31N/c1-21-9-7-13-25(17-21)30-19-23(18-26-11-4-6-15-29(26)30)20-31-22(2)27-16-8-12-24-10-3-5-14-28(24)27/h3-17,22-23,30-31H,18-20H2,1-2H3/t22-,23?,30?/m1/s1. The van der Waals surface area contributed by atoms with E-state index in [1.807, 2.05) is 0 Å². The van der Waals surface area contributed by atoms with E-state index in [2.05, 4.69) is 110 Å². The first-order chi connectivity index (χ1) is 15.2. The normalized spacial score (nSPS) is 19.2. The Kier molecular flexibility index (Phi) is 5.61. The number of nitrogens with one attached hydrogen (secondary N) is 1. The highest BCUT2D eigenvalue weighted by atomic mass is 14.9. The molecule has 0 heterocycles. The molecule has 0 spiro atoms. The lowest BCUT2D eigenvalue weighted by molar-refractivity contribution is 0.384. The van der Waals surface area contributed by atoms with Crippen molar-refractivity contribution >= 4 is 10.8 Å². The first-order valence-electron chi connectivity index (χ1n) is 11.5. The van der Waals surface area contributed by atoms with Crippen molar-refractivity contribution in [1.29, 1.82) is 0 Å². The van der Waals surface area contributed by atoms with Gasteiger partial charge in [0, 0.05) is 12.0 Å². The van der Waals surface area contributed by atoms with Gasteiger partial charge in [-0.15, -0.1) is 0 Å². The number of hydrogen-bond donors (Lipinski definition) is 1. The summed E-state index contributed by atoms with van der Waals surface area (Å²) in [4.78, 5) is 0. The molecule has 156 valence electrons. The zero-order chi connectivity index (χ0) is 21.2. The SMILES string of the molecule is Cc1cccc(C2CC(CN[C@H](C)c3cccc4ccccc34)Cc3ccccc32)c1. The van der Waals surface area contributed by atoms with Crippen LogP contribution in [-0.4, -0.2) is 6.54 Å². The van der Waals surface area contributed by atoms with Crippen LogP contribution in [-0.2, 0) is 6.42 Å². The average Bonchev–Trinajstić information content (AvgIpc) is 2.81. The van der Waals surface area contributed by atoms with Gasteiger partial charge < -0.3 is 5.32 Å². The highest BCUT2D eigenvalue weighted by molar-refractivity contribution is 5.86. The lowest BCUT2D eigenvalue weighted by Crippen LogP contribution is -2.31. The van der Waals surface area contributed by atoms with Crippen LogP contribution in [0.25, 0.3) is 10.8 Å². The number of aryl methyl sites for hydroxylation is 1. The van der Waals surface area contributed by atoms with Crippen LogP contribution in [0.5, 0.6) is 0 Å². The van der Waals surface area contributed by atoms with E-state index in [1.165, 1.54) is 45.0 Å². The van der Waals surface area contributed by atoms with Gasteiger partial charge in [0.15, 0.2) is 0 Å². The molecule has 2 unspecified atom stereocenters. The van der Waals surface area contributed by atoms with Gasteiger partial charge in [-0.3, -0.25) is 0 Å². The molecular formula is C30H31N. The molecule has 0 saturated heterocycles. The largest absolute Gasteiger partial charge is 0.310 e. The van der Waals surface area contributed by atoms with Crippen molar-refractivity contribution in [2.24, 2.45) is 5.92 Å². The number of fused-ring (bicyclic) bond motifs is 2. The topological polar surface area (TPSA) is 12.0 Å². The van der Waals surface area contributed by atoms with Crippen molar-refractivity contribution in [3.63, 3.8) is 0 Å². The van der Waals surface area contributed by atoms with Gasteiger partial charge in [0.25, 0.3) is 0 Å². The second-order valence-corrected chi connectivity index (χ2v) is 9.17. The lowest BCUT2D eigenvalue weighted by Gasteiger charge is -2.33. The van der Waals surface area contributed by atoms with Gasteiger partial charge in [0.2, 0.25) is 0 Å². The molecule has 4 aromatic rings. The van der Waals surface area contributed by atoms with Crippen molar-refractivity contribution in [3.05, 3.63) is 119 Å². The molecule has 3 atom stereocenters. The predicted octanol–water partition coefficient (Wildman–Crippen LogP) is 7.19. The Hall–Kier alpha value is -2.90. The third-order valence-electron chi connectivity index (χ3n) is 6.96. The summed E-state index contributed by atoms with van der Waals surface area (Å²) in [6.07, 6.45) is 2.36. The Balaban J connectivity index is 1.36. The quantitative estimate of drug-likeness (QED) is 0.370. The molecule has 0 aliphatic heterocycles. The monoisotopic (exact) mass is 405 g/mol. The minimum atomic E-state index is 0.334. The van der Waals surface area contributed by atoms with Gasteiger partial charge in [-0.2, -0.15) is 0 Å². The van der Waals surface area contributed by atoms with Crippen LogP contribution < -0.4 is 5.32 Å². The molecule has 1 nitrogen and oxygen atoms in total. The van der Waals surface area contributed by atoms with E-state index in [-0.39, 0.29) is 0 Å². The Bertz CT molecular complexity index is 1190. The van der Waals surface area contributed by atoms with Crippen LogP contribution in [0.2, 0.25) is 0 Å². The predicted molar refractivity (Wildman–Crippen MR) is 132 cm³/mol. The van der Waals surface area contributed by atoms with E-state index in [0.29, 0.717) is 17.9 Å². The number of rotatable bonds is 5. The van der Waals surface area contributed by atoms with Crippen molar-refractivity contribution < 1.29 is 0 Å². The molecule has 0 radical (unpaired) electrons. The van der Waals surface area contributed by atoms with Gasteiger partial charge in [-0.05, 0) is 72.2 Å². The summed E-state index contributed by atoms with van der Waals surface area (Å²) in [7, 11) is 0. The number of hydrogen-bond acceptors (Lipinski definition) is 1. The van der Waals surface area contributed by atoms with E-state index < -0.39 is 0 Å². The summed E-state index contributed by atoms with van der Waals surface area (Å²) in [6.45, 7) is 5.54. The summed E-state index contributed by atoms with van der Waals surface area (Å²) >= 11 is 0. The summed E-state index contributed by atoms with van der Waals surface area (Å²) in [5.41, 5.74) is 7.24. The minimum absolute atomic E-state index is 0.334. The van der Waals surface area contributed by atoms with Crippen molar-refractivity contribution in [2.75, 3.05) is 6.54 Å². The van der Waals surface area contributed by atoms with Gasteiger partial charge in [-0.25, -0.2) is 0 Å². The Labute approximate surface area is 186 Å². The number of benzene rings is 4. The van der Waals surface area contributed by atoms with Crippen LogP contribution in [0, 0.1) is 12.8 Å². The van der Waals surface area contributed by atoms with Gasteiger partial charge >= 0.3 is 0 Å². The molecule has 0 bridgehead atoms.